The minimum atomic E-state index is -4.44. The highest BCUT2D eigenvalue weighted by Gasteiger charge is 2.35. The summed E-state index contributed by atoms with van der Waals surface area (Å²) in [5, 5.41) is -0.889. The first kappa shape index (κ1) is 13.0. The van der Waals surface area contributed by atoms with Gasteiger partial charge in [0.15, 0.2) is 5.01 Å². The lowest BCUT2D eigenvalue weighted by Gasteiger charge is -2.13. The number of hydrogen-bond donors (Lipinski definition) is 2. The minimum Gasteiger partial charge on any atom is -0.336 e. The molecule has 3 N–H and O–H groups in total. The van der Waals surface area contributed by atoms with Crippen molar-refractivity contribution in [3.8, 4) is 0 Å². The Kier molecular flexibility index (Phi) is 3.37. The molecule has 0 aliphatic heterocycles. The first-order valence-corrected chi connectivity index (χ1v) is 5.70. The maximum atomic E-state index is 12.5. The Morgan fingerprint density at radius 3 is 2.61 bits per heavy atom. The normalized spacial score (nSPS) is 13.8. The van der Waals surface area contributed by atoms with Crippen molar-refractivity contribution in [2.75, 3.05) is 0 Å². The van der Waals surface area contributed by atoms with Gasteiger partial charge < -0.3 is 4.57 Å². The molecule has 2 rings (SSSR count). The Hall–Kier alpha value is -1.45. The van der Waals surface area contributed by atoms with Gasteiger partial charge in [-0.25, -0.2) is 15.4 Å². The van der Waals surface area contributed by atoms with Gasteiger partial charge in [0.05, 0.1) is 24.3 Å². The number of nitrogens with one attached hydrogen (secondary N) is 1. The van der Waals surface area contributed by atoms with Gasteiger partial charge in [0.1, 0.15) is 0 Å². The van der Waals surface area contributed by atoms with Crippen LogP contribution in [0.2, 0.25) is 0 Å². The molecule has 0 aromatic carbocycles. The van der Waals surface area contributed by atoms with Crippen LogP contribution < -0.4 is 11.3 Å². The van der Waals surface area contributed by atoms with Crippen molar-refractivity contribution in [3.63, 3.8) is 0 Å². The second-order valence-electron chi connectivity index (χ2n) is 3.59. The lowest BCUT2D eigenvalue weighted by Crippen LogP contribution is -2.29. The molecular weight excluding hydrogens is 267 g/mol. The van der Waals surface area contributed by atoms with Crippen molar-refractivity contribution < 1.29 is 13.2 Å². The first-order valence-electron chi connectivity index (χ1n) is 4.88. The number of hydrogen-bond acceptors (Lipinski definition) is 5. The van der Waals surface area contributed by atoms with Crippen molar-refractivity contribution in [2.45, 2.75) is 12.2 Å². The van der Waals surface area contributed by atoms with Crippen LogP contribution in [0.15, 0.2) is 18.7 Å². The van der Waals surface area contributed by atoms with Crippen LogP contribution in [0.25, 0.3) is 0 Å². The molecule has 9 heteroatoms. The Labute approximate surface area is 104 Å². The van der Waals surface area contributed by atoms with E-state index in [1.54, 1.807) is 17.9 Å². The van der Waals surface area contributed by atoms with E-state index in [0.717, 1.165) is 0 Å². The molecule has 0 aliphatic carbocycles. The van der Waals surface area contributed by atoms with Gasteiger partial charge in [0.25, 0.3) is 0 Å². The molecule has 1 unspecified atom stereocenters. The fourth-order valence-electron chi connectivity index (χ4n) is 1.51. The van der Waals surface area contributed by atoms with E-state index in [2.05, 4.69) is 15.4 Å². The lowest BCUT2D eigenvalue weighted by molar-refractivity contribution is -0.137. The quantitative estimate of drug-likeness (QED) is 0.658. The predicted octanol–water partition coefficient (Wildman–Crippen LogP) is 1.45. The fourth-order valence-corrected chi connectivity index (χ4v) is 2.37. The van der Waals surface area contributed by atoms with Crippen LogP contribution in [-0.4, -0.2) is 14.5 Å². The van der Waals surface area contributed by atoms with Crippen LogP contribution in [-0.2, 0) is 13.2 Å². The van der Waals surface area contributed by atoms with Crippen molar-refractivity contribution in [1.82, 2.24) is 20.0 Å². The number of nitrogens with two attached hydrogens (primary N) is 1. The van der Waals surface area contributed by atoms with Crippen LogP contribution in [0.1, 0.15) is 21.6 Å². The van der Waals surface area contributed by atoms with Crippen molar-refractivity contribution in [3.05, 3.63) is 34.3 Å². The van der Waals surface area contributed by atoms with E-state index in [-0.39, 0.29) is 0 Å². The third kappa shape index (κ3) is 2.37. The number of hydrazine groups is 1. The van der Waals surface area contributed by atoms with E-state index in [1.807, 2.05) is 0 Å². The van der Waals surface area contributed by atoms with E-state index in [4.69, 9.17) is 5.84 Å². The molecule has 0 radical (unpaired) electrons. The Bertz CT molecular complexity index is 532. The monoisotopic (exact) mass is 277 g/mol. The summed E-state index contributed by atoms with van der Waals surface area (Å²) in [6.07, 6.45) is -0.178. The van der Waals surface area contributed by atoms with Crippen molar-refractivity contribution in [1.29, 1.82) is 0 Å². The van der Waals surface area contributed by atoms with Gasteiger partial charge in [0, 0.05) is 18.1 Å². The molecule has 0 amide bonds. The summed E-state index contributed by atoms with van der Waals surface area (Å²) in [7, 11) is 1.73. The zero-order chi connectivity index (χ0) is 13.3. The Morgan fingerprint density at radius 2 is 2.17 bits per heavy atom. The van der Waals surface area contributed by atoms with Crippen LogP contribution >= 0.6 is 11.3 Å². The number of halogens is 3. The molecular formula is C9H10F3N5S. The summed E-state index contributed by atoms with van der Waals surface area (Å²) >= 11 is 0.560. The second-order valence-corrected chi connectivity index (χ2v) is 4.66. The average molecular weight is 277 g/mol. The molecule has 0 aliphatic rings. The molecule has 0 bridgehead atoms. The fraction of sp³-hybridized carbons (Fsp3) is 0.333. The zero-order valence-electron chi connectivity index (χ0n) is 9.27. The average Bonchev–Trinajstić information content (AvgIpc) is 2.89. The highest BCUT2D eigenvalue weighted by Crippen LogP contribution is 2.35. The standard InChI is InChI=1S/C9H10F3N5S/c1-17-4-14-2-5(17)7(16-13)6-3-15-8(18-6)9(10,11)12/h2-4,7,16H,13H2,1H3. The van der Waals surface area contributed by atoms with Gasteiger partial charge in [0.2, 0.25) is 0 Å². The van der Waals surface area contributed by atoms with Crippen molar-refractivity contribution >= 4 is 11.3 Å². The largest absolute Gasteiger partial charge is 0.443 e. The highest BCUT2D eigenvalue weighted by molar-refractivity contribution is 7.11. The summed E-state index contributed by atoms with van der Waals surface area (Å²) < 4.78 is 39.1. The van der Waals surface area contributed by atoms with Crippen LogP contribution in [0, 0.1) is 0 Å². The molecule has 2 aromatic heterocycles. The molecule has 5 nitrogen and oxygen atoms in total. The summed E-state index contributed by atoms with van der Waals surface area (Å²) in [6.45, 7) is 0. The van der Waals surface area contributed by atoms with E-state index in [9.17, 15) is 13.2 Å². The molecule has 0 fully saturated rings. The van der Waals surface area contributed by atoms with Crippen LogP contribution in [0.5, 0.6) is 0 Å². The molecule has 18 heavy (non-hydrogen) atoms. The number of nitrogens with zero attached hydrogens (tertiary/aromatic N) is 3. The van der Waals surface area contributed by atoms with Crippen LogP contribution in [0.3, 0.4) is 0 Å². The number of aromatic nitrogens is 3. The number of alkyl halides is 3. The predicted molar refractivity (Wildman–Crippen MR) is 59.5 cm³/mol. The molecule has 2 aromatic rings. The third-order valence-electron chi connectivity index (χ3n) is 2.37. The summed E-state index contributed by atoms with van der Waals surface area (Å²) in [6, 6.07) is -0.564. The van der Waals surface area contributed by atoms with Gasteiger partial charge in [-0.2, -0.15) is 13.2 Å². The highest BCUT2D eigenvalue weighted by atomic mass is 32.1. The van der Waals surface area contributed by atoms with Crippen LogP contribution in [0.4, 0.5) is 13.2 Å². The molecule has 1 atom stereocenters. The molecule has 0 saturated heterocycles. The van der Waals surface area contributed by atoms with Gasteiger partial charge >= 0.3 is 6.18 Å². The summed E-state index contributed by atoms with van der Waals surface area (Å²) in [4.78, 5) is 7.65. The van der Waals surface area contributed by atoms with Gasteiger partial charge in [-0.3, -0.25) is 5.84 Å². The topological polar surface area (TPSA) is 68.8 Å². The number of aryl methyl sites for hydroxylation is 1. The van der Waals surface area contributed by atoms with E-state index in [1.165, 1.54) is 12.4 Å². The van der Waals surface area contributed by atoms with Gasteiger partial charge in [-0.1, -0.05) is 0 Å². The van der Waals surface area contributed by atoms with Gasteiger partial charge in [-0.15, -0.1) is 11.3 Å². The third-order valence-corrected chi connectivity index (χ3v) is 3.47. The minimum absolute atomic E-state index is 0.383. The smallest absolute Gasteiger partial charge is 0.336 e. The summed E-state index contributed by atoms with van der Waals surface area (Å²) in [5.74, 6) is 5.39. The summed E-state index contributed by atoms with van der Waals surface area (Å²) in [5.41, 5.74) is 3.13. The maximum Gasteiger partial charge on any atom is 0.443 e. The SMILES string of the molecule is Cn1cncc1C(NN)c1cnc(C(F)(F)F)s1. The number of thiazole rings is 1. The molecule has 2 heterocycles. The molecule has 0 spiro atoms. The maximum absolute atomic E-state index is 12.5. The second kappa shape index (κ2) is 4.67. The Morgan fingerprint density at radius 1 is 1.44 bits per heavy atom. The first-order chi connectivity index (χ1) is 8.43. The van der Waals surface area contributed by atoms with E-state index >= 15 is 0 Å². The van der Waals surface area contributed by atoms with E-state index < -0.39 is 17.2 Å². The lowest BCUT2D eigenvalue weighted by atomic mass is 10.2. The molecule has 98 valence electrons. The molecule has 0 saturated carbocycles. The van der Waals surface area contributed by atoms with Crippen molar-refractivity contribution in [2.24, 2.45) is 12.9 Å². The number of imidazole rings is 1. The zero-order valence-corrected chi connectivity index (χ0v) is 10.1. The number of rotatable bonds is 3. The van der Waals surface area contributed by atoms with E-state index in [0.29, 0.717) is 21.9 Å². The Balaban J connectivity index is 2.35. The van der Waals surface area contributed by atoms with Gasteiger partial charge in [-0.05, 0) is 0 Å².